The Bertz CT molecular complexity index is 39.2. The lowest BCUT2D eigenvalue weighted by molar-refractivity contribution is 0.952. The molecule has 1 radical (unpaired) electrons. The van der Waals surface area contributed by atoms with Crippen molar-refractivity contribution in [3.8, 4) is 0 Å². The molecule has 0 bridgehead atoms. The maximum atomic E-state index is 5.25. The van der Waals surface area contributed by atoms with Gasteiger partial charge in [0.1, 0.15) is 0 Å². The Morgan fingerprint density at radius 3 is 2.50 bits per heavy atom. The minimum atomic E-state index is 0.833. The summed E-state index contributed by atoms with van der Waals surface area (Å²) in [7, 11) is 0. The fourth-order valence-corrected chi connectivity index (χ4v) is 0.228. The summed E-state index contributed by atoms with van der Waals surface area (Å²) in [5.41, 5.74) is 5.25. The van der Waals surface area contributed by atoms with Crippen LogP contribution in [0.2, 0.25) is 0 Å². The van der Waals surface area contributed by atoms with Gasteiger partial charge in [0.05, 0.1) is 0 Å². The van der Waals surface area contributed by atoms with E-state index in [9.17, 15) is 0 Å². The SMILES string of the molecule is C=CC[C](C)N. The Morgan fingerprint density at radius 1 is 2.00 bits per heavy atom. The molecule has 0 atom stereocenters. The summed E-state index contributed by atoms with van der Waals surface area (Å²) in [4.78, 5) is 0. The van der Waals surface area contributed by atoms with Gasteiger partial charge in [-0.05, 0) is 13.3 Å². The molecule has 0 aliphatic heterocycles. The molecule has 1 heteroatoms. The van der Waals surface area contributed by atoms with Gasteiger partial charge in [-0.3, -0.25) is 0 Å². The highest BCUT2D eigenvalue weighted by Gasteiger charge is 1.83. The number of nitrogens with two attached hydrogens (primary N) is 1. The molecule has 35 valence electrons. The molecule has 0 aliphatic rings. The molecule has 0 aromatic carbocycles. The lowest BCUT2D eigenvalue weighted by Crippen LogP contribution is -2.01. The van der Waals surface area contributed by atoms with Crippen LogP contribution in [0.5, 0.6) is 0 Å². The molecule has 6 heavy (non-hydrogen) atoms. The smallest absolute Gasteiger partial charge is 0.0343 e. The van der Waals surface area contributed by atoms with Gasteiger partial charge in [0, 0.05) is 6.04 Å². The molecular formula is C5H10N. The van der Waals surface area contributed by atoms with Crippen LogP contribution in [0.4, 0.5) is 0 Å². The van der Waals surface area contributed by atoms with Gasteiger partial charge in [-0.25, -0.2) is 0 Å². The molecule has 0 rings (SSSR count). The van der Waals surface area contributed by atoms with E-state index in [4.69, 9.17) is 5.73 Å². The molecule has 0 spiro atoms. The summed E-state index contributed by atoms with van der Waals surface area (Å²) in [6.45, 7) is 5.38. The fraction of sp³-hybridized carbons (Fsp3) is 0.400. The maximum absolute atomic E-state index is 5.25. The predicted octanol–water partition coefficient (Wildman–Crippen LogP) is 1.07. The van der Waals surface area contributed by atoms with E-state index in [0.717, 1.165) is 12.5 Å². The van der Waals surface area contributed by atoms with Crippen molar-refractivity contribution in [3.05, 3.63) is 18.7 Å². The predicted molar refractivity (Wildman–Crippen MR) is 27.9 cm³/mol. The topological polar surface area (TPSA) is 26.0 Å². The van der Waals surface area contributed by atoms with Crippen molar-refractivity contribution in [1.82, 2.24) is 0 Å². The molecule has 0 heterocycles. The van der Waals surface area contributed by atoms with Gasteiger partial charge in [-0.2, -0.15) is 0 Å². The van der Waals surface area contributed by atoms with Crippen LogP contribution >= 0.6 is 0 Å². The largest absolute Gasteiger partial charge is 0.324 e. The van der Waals surface area contributed by atoms with Crippen LogP contribution in [0.25, 0.3) is 0 Å². The van der Waals surface area contributed by atoms with Crippen molar-refractivity contribution >= 4 is 0 Å². The first kappa shape index (κ1) is 5.70. The molecule has 2 N–H and O–H groups in total. The highest BCUT2D eigenvalue weighted by Crippen LogP contribution is 1.91. The third kappa shape index (κ3) is 3.70. The molecule has 0 fully saturated rings. The van der Waals surface area contributed by atoms with Gasteiger partial charge in [0.15, 0.2) is 0 Å². The minimum Gasteiger partial charge on any atom is -0.324 e. The normalized spacial score (nSPS) is 9.17. The second-order valence-corrected chi connectivity index (χ2v) is 1.34. The molecular weight excluding hydrogens is 74.1 g/mol. The van der Waals surface area contributed by atoms with Crippen LogP contribution in [0.3, 0.4) is 0 Å². The van der Waals surface area contributed by atoms with Crippen LogP contribution in [0, 0.1) is 6.04 Å². The van der Waals surface area contributed by atoms with E-state index < -0.39 is 0 Å². The van der Waals surface area contributed by atoms with Crippen molar-refractivity contribution in [1.29, 1.82) is 0 Å². The Labute approximate surface area is 38.8 Å². The van der Waals surface area contributed by atoms with Gasteiger partial charge in [-0.15, -0.1) is 6.58 Å². The van der Waals surface area contributed by atoms with Crippen LogP contribution < -0.4 is 5.73 Å². The third-order valence-corrected chi connectivity index (χ3v) is 0.466. The zero-order valence-corrected chi connectivity index (χ0v) is 4.07. The van der Waals surface area contributed by atoms with E-state index >= 15 is 0 Å². The summed E-state index contributed by atoms with van der Waals surface area (Å²) in [5, 5.41) is 0. The Balaban J connectivity index is 2.81. The average Bonchev–Trinajstić information content (AvgIpc) is 1.35. The Morgan fingerprint density at radius 2 is 2.50 bits per heavy atom. The van der Waals surface area contributed by atoms with E-state index in [-0.39, 0.29) is 0 Å². The van der Waals surface area contributed by atoms with Crippen LogP contribution in [0.15, 0.2) is 12.7 Å². The fourth-order valence-electron chi connectivity index (χ4n) is 0.228. The lowest BCUT2D eigenvalue weighted by atomic mass is 10.3. The molecule has 0 aromatic rings. The van der Waals surface area contributed by atoms with Gasteiger partial charge < -0.3 is 5.73 Å². The monoisotopic (exact) mass is 84.1 g/mol. The van der Waals surface area contributed by atoms with Gasteiger partial charge in [-0.1, -0.05) is 6.08 Å². The molecule has 1 nitrogen and oxygen atoms in total. The highest BCUT2D eigenvalue weighted by molar-refractivity contribution is 4.84. The lowest BCUT2D eigenvalue weighted by Gasteiger charge is -1.92. The number of hydrogen-bond acceptors (Lipinski definition) is 1. The minimum absolute atomic E-state index is 0.833. The second kappa shape index (κ2) is 2.91. The third-order valence-electron chi connectivity index (χ3n) is 0.466. The van der Waals surface area contributed by atoms with Crippen LogP contribution in [-0.4, -0.2) is 0 Å². The Kier molecular flexibility index (Phi) is 2.77. The maximum Gasteiger partial charge on any atom is 0.0343 e. The second-order valence-electron chi connectivity index (χ2n) is 1.34. The Hall–Kier alpha value is -0.300. The van der Waals surface area contributed by atoms with Crippen molar-refractivity contribution in [3.63, 3.8) is 0 Å². The van der Waals surface area contributed by atoms with Gasteiger partial charge in [0.2, 0.25) is 0 Å². The van der Waals surface area contributed by atoms with Crippen molar-refractivity contribution in [2.75, 3.05) is 0 Å². The van der Waals surface area contributed by atoms with Crippen LogP contribution in [0.1, 0.15) is 13.3 Å². The summed E-state index contributed by atoms with van der Waals surface area (Å²) in [5.74, 6) is 0. The molecule has 0 saturated heterocycles. The van der Waals surface area contributed by atoms with E-state index in [0.29, 0.717) is 0 Å². The zero-order chi connectivity index (χ0) is 4.99. The van der Waals surface area contributed by atoms with E-state index in [2.05, 4.69) is 6.58 Å². The summed E-state index contributed by atoms with van der Waals surface area (Å²) in [6, 6.07) is 0.921. The highest BCUT2D eigenvalue weighted by atomic mass is 14.6. The zero-order valence-electron chi connectivity index (χ0n) is 4.07. The van der Waals surface area contributed by atoms with Crippen molar-refractivity contribution < 1.29 is 0 Å². The van der Waals surface area contributed by atoms with E-state index in [1.807, 2.05) is 6.92 Å². The van der Waals surface area contributed by atoms with E-state index in [1.165, 1.54) is 0 Å². The van der Waals surface area contributed by atoms with Crippen molar-refractivity contribution in [2.24, 2.45) is 5.73 Å². The number of hydrogen-bond donors (Lipinski definition) is 1. The molecule has 0 saturated carbocycles. The van der Waals surface area contributed by atoms with Crippen molar-refractivity contribution in [2.45, 2.75) is 13.3 Å². The van der Waals surface area contributed by atoms with Crippen LogP contribution in [-0.2, 0) is 0 Å². The number of rotatable bonds is 2. The van der Waals surface area contributed by atoms with Gasteiger partial charge >= 0.3 is 0 Å². The molecule has 0 unspecified atom stereocenters. The summed E-state index contributed by atoms with van der Waals surface area (Å²) < 4.78 is 0. The summed E-state index contributed by atoms with van der Waals surface area (Å²) in [6.07, 6.45) is 2.62. The van der Waals surface area contributed by atoms with Gasteiger partial charge in [0.25, 0.3) is 0 Å². The quantitative estimate of drug-likeness (QED) is 0.498. The van der Waals surface area contributed by atoms with E-state index in [1.54, 1.807) is 6.08 Å². The molecule has 0 aliphatic carbocycles. The first-order valence-corrected chi connectivity index (χ1v) is 1.96. The standard InChI is InChI=1S/C5H10N/c1-3-4-5(2)6/h3H,1,4,6H2,2H3. The molecule has 0 aromatic heterocycles. The first-order chi connectivity index (χ1) is 2.77. The molecule has 0 amide bonds. The first-order valence-electron chi connectivity index (χ1n) is 1.96. The summed E-state index contributed by atoms with van der Waals surface area (Å²) >= 11 is 0. The average molecular weight is 84.1 g/mol.